The Balaban J connectivity index is 1.81. The van der Waals surface area contributed by atoms with E-state index in [1.807, 2.05) is 11.0 Å². The third-order valence-electron chi connectivity index (χ3n) is 3.04. The predicted octanol–water partition coefficient (Wildman–Crippen LogP) is -0.535. The molecular weight excluding hydrogens is 222 g/mol. The van der Waals surface area contributed by atoms with Gasteiger partial charge in [0.1, 0.15) is 6.54 Å². The number of piperidine rings is 1. The Labute approximate surface area is 100 Å². The van der Waals surface area contributed by atoms with Gasteiger partial charge in [0.2, 0.25) is 5.91 Å². The number of hydrogen-bond donors (Lipinski definition) is 1. The van der Waals surface area contributed by atoms with Gasteiger partial charge in [0, 0.05) is 6.42 Å². The zero-order valence-electron chi connectivity index (χ0n) is 9.78. The van der Waals surface area contributed by atoms with E-state index in [9.17, 15) is 4.79 Å². The summed E-state index contributed by atoms with van der Waals surface area (Å²) in [5.41, 5.74) is 0. The van der Waals surface area contributed by atoms with Crippen molar-refractivity contribution in [2.45, 2.75) is 18.6 Å². The highest BCUT2D eigenvalue weighted by atomic mass is 16.7. The monoisotopic (exact) mass is 239 g/mol. The fraction of sp³-hybridized carbons (Fsp3) is 0.818. The van der Waals surface area contributed by atoms with E-state index < -0.39 is 5.79 Å². The molecule has 2 aliphatic rings. The first-order chi connectivity index (χ1) is 8.24. The van der Waals surface area contributed by atoms with Crippen LogP contribution in [0.1, 0.15) is 12.8 Å². The van der Waals surface area contributed by atoms with E-state index in [0.717, 1.165) is 19.4 Å². The molecule has 2 saturated heterocycles. The largest absolute Gasteiger partial charge is 0.346 e. The van der Waals surface area contributed by atoms with E-state index in [0.29, 0.717) is 26.3 Å². The number of likely N-dealkylation sites (tertiary alicyclic amines) is 1. The fourth-order valence-corrected chi connectivity index (χ4v) is 2.34. The number of ether oxygens (including phenoxy) is 2. The Morgan fingerprint density at radius 3 is 2.94 bits per heavy atom. The van der Waals surface area contributed by atoms with Crippen molar-refractivity contribution in [3.8, 4) is 6.07 Å². The van der Waals surface area contributed by atoms with Crippen LogP contribution < -0.4 is 5.32 Å². The SMILES string of the molecule is N#CCNC(=O)CN1CCCC2(C1)OCCO2. The van der Waals surface area contributed by atoms with Crippen LogP contribution in [0.5, 0.6) is 0 Å². The number of carbonyl (C=O) groups is 1. The van der Waals surface area contributed by atoms with Crippen LogP contribution in [0.15, 0.2) is 0 Å². The molecule has 0 atom stereocenters. The molecule has 1 N–H and O–H groups in total. The summed E-state index contributed by atoms with van der Waals surface area (Å²) in [5, 5.41) is 10.9. The third-order valence-corrected chi connectivity index (χ3v) is 3.04. The molecule has 94 valence electrons. The summed E-state index contributed by atoms with van der Waals surface area (Å²) in [6, 6.07) is 1.88. The molecule has 2 fully saturated rings. The van der Waals surface area contributed by atoms with Gasteiger partial charge in [-0.05, 0) is 13.0 Å². The first-order valence-electron chi connectivity index (χ1n) is 5.88. The lowest BCUT2D eigenvalue weighted by molar-refractivity contribution is -0.189. The molecule has 0 saturated carbocycles. The molecule has 0 aromatic heterocycles. The summed E-state index contributed by atoms with van der Waals surface area (Å²) in [6.07, 6.45) is 1.86. The minimum absolute atomic E-state index is 0.0603. The van der Waals surface area contributed by atoms with E-state index in [4.69, 9.17) is 14.7 Å². The molecule has 0 aromatic rings. The lowest BCUT2D eigenvalue weighted by Crippen LogP contribution is -2.51. The van der Waals surface area contributed by atoms with Crippen molar-refractivity contribution in [3.63, 3.8) is 0 Å². The van der Waals surface area contributed by atoms with Gasteiger partial charge in [-0.25, -0.2) is 0 Å². The van der Waals surface area contributed by atoms with Crippen molar-refractivity contribution in [3.05, 3.63) is 0 Å². The number of carbonyl (C=O) groups excluding carboxylic acids is 1. The van der Waals surface area contributed by atoms with Gasteiger partial charge in [-0.3, -0.25) is 9.69 Å². The van der Waals surface area contributed by atoms with Crippen molar-refractivity contribution < 1.29 is 14.3 Å². The van der Waals surface area contributed by atoms with Gasteiger partial charge in [-0.1, -0.05) is 0 Å². The Kier molecular flexibility index (Phi) is 3.94. The van der Waals surface area contributed by atoms with Gasteiger partial charge in [0.15, 0.2) is 5.79 Å². The summed E-state index contributed by atoms with van der Waals surface area (Å²) in [4.78, 5) is 13.5. The highest BCUT2D eigenvalue weighted by molar-refractivity contribution is 5.78. The lowest BCUT2D eigenvalue weighted by atomic mass is 10.0. The summed E-state index contributed by atoms with van der Waals surface area (Å²) in [5.74, 6) is -0.616. The van der Waals surface area contributed by atoms with Crippen LogP contribution in [0.2, 0.25) is 0 Å². The van der Waals surface area contributed by atoms with Gasteiger partial charge >= 0.3 is 0 Å². The summed E-state index contributed by atoms with van der Waals surface area (Å²) < 4.78 is 11.3. The molecule has 0 bridgehead atoms. The van der Waals surface area contributed by atoms with Crippen LogP contribution in [-0.2, 0) is 14.3 Å². The molecule has 0 unspecified atom stereocenters. The Hall–Kier alpha value is -1.16. The molecule has 2 aliphatic heterocycles. The van der Waals surface area contributed by atoms with Crippen molar-refractivity contribution in [2.75, 3.05) is 39.4 Å². The van der Waals surface area contributed by atoms with Gasteiger partial charge in [0.25, 0.3) is 0 Å². The number of nitriles is 1. The van der Waals surface area contributed by atoms with Crippen LogP contribution in [-0.4, -0.2) is 56.0 Å². The second kappa shape index (κ2) is 5.45. The number of nitrogens with zero attached hydrogens (tertiary/aromatic N) is 2. The second-order valence-corrected chi connectivity index (χ2v) is 4.36. The van der Waals surface area contributed by atoms with Gasteiger partial charge in [-0.15, -0.1) is 0 Å². The smallest absolute Gasteiger partial charge is 0.235 e. The third kappa shape index (κ3) is 3.16. The second-order valence-electron chi connectivity index (χ2n) is 4.36. The van der Waals surface area contributed by atoms with E-state index >= 15 is 0 Å². The van der Waals surface area contributed by atoms with Crippen LogP contribution >= 0.6 is 0 Å². The van der Waals surface area contributed by atoms with Gasteiger partial charge < -0.3 is 14.8 Å². The zero-order chi connectivity index (χ0) is 12.1. The maximum absolute atomic E-state index is 11.5. The average Bonchev–Trinajstić information content (AvgIpc) is 2.74. The van der Waals surface area contributed by atoms with E-state index in [2.05, 4.69) is 5.32 Å². The quantitative estimate of drug-likeness (QED) is 0.670. The van der Waals surface area contributed by atoms with Crippen molar-refractivity contribution in [1.29, 1.82) is 5.26 Å². The molecule has 17 heavy (non-hydrogen) atoms. The maximum Gasteiger partial charge on any atom is 0.235 e. The van der Waals surface area contributed by atoms with Crippen molar-refractivity contribution >= 4 is 5.91 Å². The van der Waals surface area contributed by atoms with E-state index in [1.54, 1.807) is 0 Å². The molecule has 2 rings (SSSR count). The van der Waals surface area contributed by atoms with Crippen LogP contribution in [0, 0.1) is 11.3 Å². The number of amides is 1. The standard InChI is InChI=1S/C11H17N3O3/c12-3-4-13-10(15)8-14-5-1-2-11(9-14)16-6-7-17-11/h1-2,4-9H2,(H,13,15). The Morgan fingerprint density at radius 2 is 2.24 bits per heavy atom. The topological polar surface area (TPSA) is 74.6 Å². The van der Waals surface area contributed by atoms with Crippen LogP contribution in [0.25, 0.3) is 0 Å². The average molecular weight is 239 g/mol. The fourth-order valence-electron chi connectivity index (χ4n) is 2.34. The van der Waals surface area contributed by atoms with Crippen LogP contribution in [0.4, 0.5) is 0 Å². The molecule has 1 amide bonds. The minimum Gasteiger partial charge on any atom is -0.346 e. The number of hydrogen-bond acceptors (Lipinski definition) is 5. The van der Waals surface area contributed by atoms with Gasteiger partial charge in [0.05, 0.1) is 32.4 Å². The molecule has 2 heterocycles. The number of rotatable bonds is 3. The summed E-state index contributed by atoms with van der Waals surface area (Å²) in [6.45, 7) is 3.13. The van der Waals surface area contributed by atoms with E-state index in [1.165, 1.54) is 0 Å². The minimum atomic E-state index is -0.492. The molecular formula is C11H17N3O3. The summed E-state index contributed by atoms with van der Waals surface area (Å²) in [7, 11) is 0. The first-order valence-corrected chi connectivity index (χ1v) is 5.88. The van der Waals surface area contributed by atoms with E-state index in [-0.39, 0.29) is 12.5 Å². The molecule has 0 radical (unpaired) electrons. The van der Waals surface area contributed by atoms with Gasteiger partial charge in [-0.2, -0.15) is 5.26 Å². The van der Waals surface area contributed by atoms with Crippen LogP contribution in [0.3, 0.4) is 0 Å². The van der Waals surface area contributed by atoms with Crippen molar-refractivity contribution in [2.24, 2.45) is 0 Å². The highest BCUT2D eigenvalue weighted by Gasteiger charge is 2.40. The normalized spacial score (nSPS) is 23.5. The lowest BCUT2D eigenvalue weighted by Gasteiger charge is -2.38. The first kappa shape index (κ1) is 12.3. The molecule has 6 nitrogen and oxygen atoms in total. The summed E-state index contributed by atoms with van der Waals surface area (Å²) >= 11 is 0. The molecule has 0 aromatic carbocycles. The molecule has 1 spiro atoms. The molecule has 6 heteroatoms. The zero-order valence-corrected chi connectivity index (χ0v) is 9.78. The predicted molar refractivity (Wildman–Crippen MR) is 58.9 cm³/mol. The Morgan fingerprint density at radius 1 is 1.47 bits per heavy atom. The molecule has 0 aliphatic carbocycles. The Bertz CT molecular complexity index is 320. The highest BCUT2D eigenvalue weighted by Crippen LogP contribution is 2.29. The number of nitrogens with one attached hydrogen (secondary N) is 1. The van der Waals surface area contributed by atoms with Crippen molar-refractivity contribution in [1.82, 2.24) is 10.2 Å². The maximum atomic E-state index is 11.5.